The highest BCUT2D eigenvalue weighted by atomic mass is 16.5. The van der Waals surface area contributed by atoms with Gasteiger partial charge in [-0.05, 0) is 29.7 Å². The topological polar surface area (TPSA) is 25.6 Å². The van der Waals surface area contributed by atoms with Crippen LogP contribution in [0.25, 0.3) is 11.3 Å². The summed E-state index contributed by atoms with van der Waals surface area (Å²) >= 11 is 0. The first-order chi connectivity index (χ1) is 10.2. The molecule has 3 rings (SSSR count). The Labute approximate surface area is 126 Å². The molecular formula is C18H23NO2. The summed E-state index contributed by atoms with van der Waals surface area (Å²) in [6.07, 6.45) is 0. The Hall–Kier alpha value is -1.58. The van der Waals surface area contributed by atoms with Gasteiger partial charge in [0.15, 0.2) is 0 Å². The van der Waals surface area contributed by atoms with Gasteiger partial charge in [-0.25, -0.2) is 0 Å². The number of nitrogens with zero attached hydrogens (tertiary/aromatic N) is 1. The molecule has 0 aliphatic carbocycles. The Morgan fingerprint density at radius 2 is 1.90 bits per heavy atom. The first kappa shape index (κ1) is 14.4. The fraction of sp³-hybridized carbons (Fsp3) is 0.444. The Morgan fingerprint density at radius 3 is 2.67 bits per heavy atom. The lowest BCUT2D eigenvalue weighted by atomic mass is 10.0. The van der Waals surface area contributed by atoms with E-state index in [0.29, 0.717) is 5.92 Å². The number of hydrogen-bond acceptors (Lipinski definition) is 3. The predicted octanol–water partition coefficient (Wildman–Crippen LogP) is 3.90. The Bertz CT molecular complexity index is 582. The molecule has 0 spiro atoms. The highest BCUT2D eigenvalue weighted by molar-refractivity contribution is 5.58. The van der Waals surface area contributed by atoms with Crippen LogP contribution in [0.2, 0.25) is 0 Å². The summed E-state index contributed by atoms with van der Waals surface area (Å²) in [5.74, 6) is 2.52. The number of morpholine rings is 1. The Morgan fingerprint density at radius 1 is 1.10 bits per heavy atom. The van der Waals surface area contributed by atoms with Crippen LogP contribution in [0.3, 0.4) is 0 Å². The van der Waals surface area contributed by atoms with Gasteiger partial charge < -0.3 is 9.15 Å². The van der Waals surface area contributed by atoms with Crippen LogP contribution in [0, 0.1) is 0 Å². The van der Waals surface area contributed by atoms with Crippen LogP contribution in [0.5, 0.6) is 0 Å². The van der Waals surface area contributed by atoms with Crippen LogP contribution in [0.1, 0.15) is 31.1 Å². The monoisotopic (exact) mass is 285 g/mol. The molecule has 0 amide bonds. The molecule has 2 heterocycles. The summed E-state index contributed by atoms with van der Waals surface area (Å²) < 4.78 is 11.4. The third kappa shape index (κ3) is 3.55. The van der Waals surface area contributed by atoms with Crippen LogP contribution in [-0.4, -0.2) is 31.2 Å². The van der Waals surface area contributed by atoms with Crippen LogP contribution in [-0.2, 0) is 11.3 Å². The van der Waals surface area contributed by atoms with Gasteiger partial charge in [0.2, 0.25) is 0 Å². The molecule has 1 aromatic heterocycles. The maximum Gasteiger partial charge on any atom is 0.134 e. The number of benzene rings is 1. The lowest BCUT2D eigenvalue weighted by Gasteiger charge is -2.25. The van der Waals surface area contributed by atoms with Crippen molar-refractivity contribution in [3.05, 3.63) is 47.7 Å². The van der Waals surface area contributed by atoms with Gasteiger partial charge in [-0.3, -0.25) is 4.90 Å². The van der Waals surface area contributed by atoms with Gasteiger partial charge in [-0.15, -0.1) is 0 Å². The van der Waals surface area contributed by atoms with Gasteiger partial charge >= 0.3 is 0 Å². The van der Waals surface area contributed by atoms with E-state index in [9.17, 15) is 0 Å². The lowest BCUT2D eigenvalue weighted by Crippen LogP contribution is -2.35. The van der Waals surface area contributed by atoms with Crippen LogP contribution in [0.4, 0.5) is 0 Å². The summed E-state index contributed by atoms with van der Waals surface area (Å²) in [5, 5.41) is 0. The maximum absolute atomic E-state index is 6.02. The molecule has 0 unspecified atom stereocenters. The van der Waals surface area contributed by atoms with Crippen molar-refractivity contribution in [2.24, 2.45) is 0 Å². The minimum absolute atomic E-state index is 0.535. The second kappa shape index (κ2) is 6.46. The zero-order valence-electron chi connectivity index (χ0n) is 12.8. The highest BCUT2D eigenvalue weighted by Gasteiger charge is 2.13. The summed E-state index contributed by atoms with van der Waals surface area (Å²) in [6, 6.07) is 12.8. The van der Waals surface area contributed by atoms with Crippen molar-refractivity contribution >= 4 is 0 Å². The van der Waals surface area contributed by atoms with E-state index in [1.54, 1.807) is 0 Å². The van der Waals surface area contributed by atoms with Gasteiger partial charge in [-0.1, -0.05) is 32.0 Å². The zero-order chi connectivity index (χ0) is 14.7. The number of hydrogen-bond donors (Lipinski definition) is 0. The third-order valence-electron chi connectivity index (χ3n) is 3.98. The van der Waals surface area contributed by atoms with Gasteiger partial charge in [0.1, 0.15) is 11.5 Å². The first-order valence-corrected chi connectivity index (χ1v) is 7.71. The van der Waals surface area contributed by atoms with Crippen molar-refractivity contribution < 1.29 is 9.15 Å². The predicted molar refractivity (Wildman–Crippen MR) is 84.3 cm³/mol. The average Bonchev–Trinajstić information content (AvgIpc) is 2.97. The van der Waals surface area contributed by atoms with Crippen molar-refractivity contribution in [2.75, 3.05) is 26.3 Å². The molecule has 0 atom stereocenters. The Balaban J connectivity index is 1.73. The maximum atomic E-state index is 6.02. The van der Waals surface area contributed by atoms with Gasteiger partial charge in [0.25, 0.3) is 0 Å². The van der Waals surface area contributed by atoms with Gasteiger partial charge in [0.05, 0.1) is 19.8 Å². The van der Waals surface area contributed by atoms with Crippen molar-refractivity contribution in [2.45, 2.75) is 26.3 Å². The van der Waals surface area contributed by atoms with E-state index in [-0.39, 0.29) is 0 Å². The van der Waals surface area contributed by atoms with Crippen molar-refractivity contribution in [1.82, 2.24) is 4.90 Å². The number of furan rings is 1. The minimum atomic E-state index is 0.535. The normalized spacial score (nSPS) is 16.5. The second-order valence-electron chi connectivity index (χ2n) is 5.93. The standard InChI is InChI=1S/C18H23NO2/c1-14(2)15-4-3-5-16(12-15)18-7-6-17(21-18)13-19-8-10-20-11-9-19/h3-7,12,14H,8-11,13H2,1-2H3. The molecule has 1 saturated heterocycles. The van der Waals surface area contributed by atoms with E-state index < -0.39 is 0 Å². The van der Waals surface area contributed by atoms with Crippen LogP contribution >= 0.6 is 0 Å². The molecule has 3 heteroatoms. The zero-order valence-corrected chi connectivity index (χ0v) is 12.8. The second-order valence-corrected chi connectivity index (χ2v) is 5.93. The summed E-state index contributed by atoms with van der Waals surface area (Å²) in [4.78, 5) is 2.37. The van der Waals surface area contributed by atoms with E-state index >= 15 is 0 Å². The third-order valence-corrected chi connectivity index (χ3v) is 3.98. The van der Waals surface area contributed by atoms with E-state index in [0.717, 1.165) is 49.9 Å². The molecule has 0 bridgehead atoms. The number of rotatable bonds is 4. The fourth-order valence-corrected chi connectivity index (χ4v) is 2.65. The quantitative estimate of drug-likeness (QED) is 0.852. The molecule has 1 fully saturated rings. The summed E-state index contributed by atoms with van der Waals surface area (Å²) in [7, 11) is 0. The molecular weight excluding hydrogens is 262 g/mol. The molecule has 21 heavy (non-hydrogen) atoms. The number of ether oxygens (including phenoxy) is 1. The van der Waals surface area contributed by atoms with E-state index in [1.165, 1.54) is 5.56 Å². The van der Waals surface area contributed by atoms with Crippen LogP contribution in [0.15, 0.2) is 40.8 Å². The molecule has 0 N–H and O–H groups in total. The van der Waals surface area contributed by atoms with Gasteiger partial charge in [0, 0.05) is 18.7 Å². The van der Waals surface area contributed by atoms with E-state index in [2.05, 4.69) is 55.1 Å². The molecule has 2 aromatic rings. The summed E-state index contributed by atoms with van der Waals surface area (Å²) in [5.41, 5.74) is 2.51. The highest BCUT2D eigenvalue weighted by Crippen LogP contribution is 2.26. The molecule has 0 radical (unpaired) electrons. The largest absolute Gasteiger partial charge is 0.460 e. The SMILES string of the molecule is CC(C)c1cccc(-c2ccc(CN3CCOCC3)o2)c1. The average molecular weight is 285 g/mol. The molecule has 1 aliphatic rings. The molecule has 3 nitrogen and oxygen atoms in total. The fourth-order valence-electron chi connectivity index (χ4n) is 2.65. The first-order valence-electron chi connectivity index (χ1n) is 7.71. The Kier molecular flexibility index (Phi) is 4.42. The van der Waals surface area contributed by atoms with Crippen molar-refractivity contribution in [1.29, 1.82) is 0 Å². The lowest BCUT2D eigenvalue weighted by molar-refractivity contribution is 0.0314. The van der Waals surface area contributed by atoms with E-state index in [1.807, 2.05) is 0 Å². The molecule has 1 aromatic carbocycles. The van der Waals surface area contributed by atoms with Crippen molar-refractivity contribution in [3.8, 4) is 11.3 Å². The molecule has 1 aliphatic heterocycles. The smallest absolute Gasteiger partial charge is 0.134 e. The molecule has 0 saturated carbocycles. The minimum Gasteiger partial charge on any atom is -0.460 e. The van der Waals surface area contributed by atoms with E-state index in [4.69, 9.17) is 9.15 Å². The molecule has 112 valence electrons. The van der Waals surface area contributed by atoms with Gasteiger partial charge in [-0.2, -0.15) is 0 Å². The summed E-state index contributed by atoms with van der Waals surface area (Å²) in [6.45, 7) is 8.91. The van der Waals surface area contributed by atoms with Crippen molar-refractivity contribution in [3.63, 3.8) is 0 Å². The van der Waals surface area contributed by atoms with Crippen LogP contribution < -0.4 is 0 Å².